The van der Waals surface area contributed by atoms with Crippen molar-refractivity contribution in [1.82, 2.24) is 5.32 Å². The van der Waals surface area contributed by atoms with Crippen LogP contribution in [0.25, 0.3) is 0 Å². The van der Waals surface area contributed by atoms with Gasteiger partial charge in [-0.1, -0.05) is 13.0 Å². The van der Waals surface area contributed by atoms with E-state index in [1.54, 1.807) is 0 Å². The summed E-state index contributed by atoms with van der Waals surface area (Å²) in [6.07, 6.45) is 1.14. The summed E-state index contributed by atoms with van der Waals surface area (Å²) in [4.78, 5) is 1.37. The molecule has 1 N–H and O–H groups in total. The van der Waals surface area contributed by atoms with Crippen molar-refractivity contribution in [2.24, 2.45) is 0 Å². The van der Waals surface area contributed by atoms with Gasteiger partial charge in [-0.15, -0.1) is 11.3 Å². The Morgan fingerprint density at radius 2 is 1.76 bits per heavy atom. The highest BCUT2D eigenvalue weighted by atomic mass is 79.9. The van der Waals surface area contributed by atoms with Crippen molar-refractivity contribution in [3.63, 3.8) is 0 Å². The average Bonchev–Trinajstić information content (AvgIpc) is 2.86. The van der Waals surface area contributed by atoms with Crippen molar-refractivity contribution in [3.8, 4) is 0 Å². The molecule has 1 nitrogen and oxygen atoms in total. The lowest BCUT2D eigenvalue weighted by Gasteiger charge is -2.25. The predicted molar refractivity (Wildman–Crippen MR) is 97.5 cm³/mol. The zero-order valence-electron chi connectivity index (χ0n) is 13.5. The summed E-state index contributed by atoms with van der Waals surface area (Å²) >= 11 is 5.54. The lowest BCUT2D eigenvalue weighted by molar-refractivity contribution is 0.599. The number of nitrogens with one attached hydrogen (secondary N) is 1. The van der Waals surface area contributed by atoms with Crippen LogP contribution in [0.4, 0.5) is 0 Å². The molecule has 0 saturated heterocycles. The summed E-state index contributed by atoms with van der Waals surface area (Å²) in [6, 6.07) is 4.72. The molecule has 1 heterocycles. The zero-order chi connectivity index (χ0) is 15.6. The minimum Gasteiger partial charge on any atom is -0.306 e. The Morgan fingerprint density at radius 1 is 1.14 bits per heavy atom. The SMILES string of the molecule is CCCNC(c1sccc1Br)c1c(C)c(C)cc(C)c1C. The highest BCUT2D eigenvalue weighted by Crippen LogP contribution is 2.37. The van der Waals surface area contributed by atoms with Crippen molar-refractivity contribution in [2.45, 2.75) is 47.1 Å². The van der Waals surface area contributed by atoms with Crippen LogP contribution in [0.1, 0.15) is 52.1 Å². The van der Waals surface area contributed by atoms with Gasteiger partial charge in [-0.25, -0.2) is 0 Å². The molecular formula is C18H24BrNS. The Labute approximate surface area is 140 Å². The number of aryl methyl sites for hydroxylation is 2. The van der Waals surface area contributed by atoms with E-state index in [4.69, 9.17) is 0 Å². The van der Waals surface area contributed by atoms with E-state index in [0.717, 1.165) is 13.0 Å². The molecule has 0 spiro atoms. The van der Waals surface area contributed by atoms with E-state index in [2.05, 4.69) is 73.4 Å². The van der Waals surface area contributed by atoms with Gasteiger partial charge in [0.05, 0.1) is 6.04 Å². The largest absolute Gasteiger partial charge is 0.306 e. The molecule has 0 aliphatic carbocycles. The molecule has 0 aliphatic rings. The van der Waals surface area contributed by atoms with Crippen LogP contribution in [0.5, 0.6) is 0 Å². The van der Waals surface area contributed by atoms with E-state index >= 15 is 0 Å². The quantitative estimate of drug-likeness (QED) is 0.702. The molecule has 2 aromatic rings. The van der Waals surface area contributed by atoms with Gasteiger partial charge in [0.15, 0.2) is 0 Å². The van der Waals surface area contributed by atoms with Gasteiger partial charge < -0.3 is 5.32 Å². The third-order valence-electron chi connectivity index (χ3n) is 4.22. The van der Waals surface area contributed by atoms with Gasteiger partial charge >= 0.3 is 0 Å². The van der Waals surface area contributed by atoms with Gasteiger partial charge in [0.25, 0.3) is 0 Å². The second kappa shape index (κ2) is 7.08. The lowest BCUT2D eigenvalue weighted by atomic mass is 9.89. The Morgan fingerprint density at radius 3 is 2.24 bits per heavy atom. The standard InChI is InChI=1S/C18H24BrNS/c1-6-8-20-17(18-15(19)7-9-21-18)16-13(4)11(2)10-12(3)14(16)5/h7,9-10,17,20H,6,8H2,1-5H3. The Balaban J connectivity index is 2.59. The highest BCUT2D eigenvalue weighted by molar-refractivity contribution is 9.10. The number of benzene rings is 1. The smallest absolute Gasteiger partial charge is 0.0687 e. The third-order valence-corrected chi connectivity index (χ3v) is 6.15. The van der Waals surface area contributed by atoms with Gasteiger partial charge in [0, 0.05) is 9.35 Å². The van der Waals surface area contributed by atoms with Gasteiger partial charge in [-0.2, -0.15) is 0 Å². The molecule has 1 aromatic carbocycles. The van der Waals surface area contributed by atoms with Crippen molar-refractivity contribution >= 4 is 27.3 Å². The van der Waals surface area contributed by atoms with Crippen LogP contribution >= 0.6 is 27.3 Å². The topological polar surface area (TPSA) is 12.0 Å². The summed E-state index contributed by atoms with van der Waals surface area (Å²) in [5.74, 6) is 0. The van der Waals surface area contributed by atoms with E-state index in [-0.39, 0.29) is 6.04 Å². The minimum atomic E-state index is 0.276. The lowest BCUT2D eigenvalue weighted by Crippen LogP contribution is -2.25. The fourth-order valence-corrected chi connectivity index (χ4v) is 4.49. The molecule has 2 rings (SSSR count). The molecular weight excluding hydrogens is 342 g/mol. The van der Waals surface area contributed by atoms with Crippen LogP contribution in [0.2, 0.25) is 0 Å². The molecule has 0 saturated carbocycles. The van der Waals surface area contributed by atoms with E-state index in [9.17, 15) is 0 Å². The monoisotopic (exact) mass is 365 g/mol. The van der Waals surface area contributed by atoms with Crippen molar-refractivity contribution in [2.75, 3.05) is 6.54 Å². The number of rotatable bonds is 5. The fourth-order valence-electron chi connectivity index (χ4n) is 2.81. The Kier molecular flexibility index (Phi) is 5.64. The molecule has 114 valence electrons. The van der Waals surface area contributed by atoms with E-state index < -0.39 is 0 Å². The first-order valence-electron chi connectivity index (χ1n) is 7.50. The third kappa shape index (κ3) is 3.41. The molecule has 0 aliphatic heterocycles. The molecule has 1 atom stereocenters. The van der Waals surface area contributed by atoms with E-state index in [1.807, 2.05) is 11.3 Å². The molecule has 21 heavy (non-hydrogen) atoms. The van der Waals surface area contributed by atoms with Crippen molar-refractivity contribution in [1.29, 1.82) is 0 Å². The maximum absolute atomic E-state index is 3.75. The number of hydrogen-bond acceptors (Lipinski definition) is 2. The second-order valence-corrected chi connectivity index (χ2v) is 7.50. The van der Waals surface area contributed by atoms with Crippen molar-refractivity contribution in [3.05, 3.63) is 54.7 Å². The van der Waals surface area contributed by atoms with Gasteiger partial charge in [0.2, 0.25) is 0 Å². The summed E-state index contributed by atoms with van der Waals surface area (Å²) in [5.41, 5.74) is 7.02. The molecule has 0 amide bonds. The summed E-state index contributed by atoms with van der Waals surface area (Å²) in [6.45, 7) is 12.2. The number of halogens is 1. The first kappa shape index (κ1) is 16.7. The van der Waals surface area contributed by atoms with Crippen LogP contribution in [-0.4, -0.2) is 6.54 Å². The summed E-state index contributed by atoms with van der Waals surface area (Å²) in [5, 5.41) is 5.91. The van der Waals surface area contributed by atoms with E-state index in [0.29, 0.717) is 0 Å². The van der Waals surface area contributed by atoms with Crippen LogP contribution in [-0.2, 0) is 0 Å². The van der Waals surface area contributed by atoms with Crippen LogP contribution in [0, 0.1) is 27.7 Å². The molecule has 3 heteroatoms. The minimum absolute atomic E-state index is 0.276. The first-order valence-corrected chi connectivity index (χ1v) is 9.18. The molecule has 1 unspecified atom stereocenters. The first-order chi connectivity index (χ1) is 9.97. The van der Waals surface area contributed by atoms with Gasteiger partial charge in [-0.05, 0) is 95.9 Å². The maximum atomic E-state index is 3.75. The number of thiophene rings is 1. The second-order valence-electron chi connectivity index (χ2n) is 5.69. The normalized spacial score (nSPS) is 12.7. The maximum Gasteiger partial charge on any atom is 0.0687 e. The van der Waals surface area contributed by atoms with Crippen LogP contribution in [0.3, 0.4) is 0 Å². The zero-order valence-corrected chi connectivity index (χ0v) is 15.9. The molecule has 0 fully saturated rings. The highest BCUT2D eigenvalue weighted by Gasteiger charge is 2.22. The average molecular weight is 366 g/mol. The van der Waals surface area contributed by atoms with E-state index in [1.165, 1.54) is 37.2 Å². The van der Waals surface area contributed by atoms with Gasteiger partial charge in [-0.3, -0.25) is 0 Å². The molecule has 0 bridgehead atoms. The Bertz CT molecular complexity index is 604. The molecule has 0 radical (unpaired) electrons. The van der Waals surface area contributed by atoms with Gasteiger partial charge in [0.1, 0.15) is 0 Å². The summed E-state index contributed by atoms with van der Waals surface area (Å²) < 4.78 is 1.21. The predicted octanol–water partition coefficient (Wildman–Crippen LogP) is 5.83. The fraction of sp³-hybridized carbons (Fsp3) is 0.444. The molecule has 1 aromatic heterocycles. The number of hydrogen-bond donors (Lipinski definition) is 1. The summed E-state index contributed by atoms with van der Waals surface area (Å²) in [7, 11) is 0. The Hall–Kier alpha value is -0.640. The van der Waals surface area contributed by atoms with Crippen LogP contribution in [0.15, 0.2) is 22.0 Å². The van der Waals surface area contributed by atoms with Crippen molar-refractivity contribution < 1.29 is 0 Å². The van der Waals surface area contributed by atoms with Crippen LogP contribution < -0.4 is 5.32 Å².